The molecule has 1 aliphatic heterocycles. The molecule has 3 atom stereocenters. The molecule has 1 amide bonds. The van der Waals surface area contributed by atoms with E-state index in [1.54, 1.807) is 20.8 Å². The molecule has 2 fully saturated rings. The smallest absolute Gasteiger partial charge is 0.411 e. The quantitative estimate of drug-likeness (QED) is 0.694. The van der Waals surface area contributed by atoms with Crippen molar-refractivity contribution in [2.45, 2.75) is 44.8 Å². The second kappa shape index (κ2) is 4.56. The molecule has 20 heavy (non-hydrogen) atoms. The number of likely N-dealkylation sites (tertiary alicyclic amines) is 1. The maximum atomic E-state index is 13.5. The predicted octanol–water partition coefficient (Wildman–Crippen LogP) is 2.05. The van der Waals surface area contributed by atoms with Crippen LogP contribution in [0, 0.1) is 11.8 Å². The van der Waals surface area contributed by atoms with E-state index < -0.39 is 41.5 Å². The van der Waals surface area contributed by atoms with Crippen LogP contribution < -0.4 is 0 Å². The summed E-state index contributed by atoms with van der Waals surface area (Å²) in [6, 6.07) is -0.996. The first-order valence-corrected chi connectivity index (χ1v) is 6.53. The number of esters is 1. The third-order valence-electron chi connectivity index (χ3n) is 3.71. The van der Waals surface area contributed by atoms with Crippen LogP contribution in [0.1, 0.15) is 27.2 Å². The van der Waals surface area contributed by atoms with Crippen molar-refractivity contribution in [3.63, 3.8) is 0 Å². The van der Waals surface area contributed by atoms with Crippen LogP contribution in [0.4, 0.5) is 13.6 Å². The second-order valence-electron chi connectivity index (χ2n) is 6.29. The number of rotatable bonds is 1. The Hall–Kier alpha value is -1.40. The number of hydrogen-bond acceptors (Lipinski definition) is 4. The van der Waals surface area contributed by atoms with Crippen LogP contribution >= 0.6 is 0 Å². The number of amides is 1. The van der Waals surface area contributed by atoms with Gasteiger partial charge in [-0.25, -0.2) is 18.4 Å². The monoisotopic (exact) mass is 291 g/mol. The van der Waals surface area contributed by atoms with Crippen molar-refractivity contribution >= 4 is 12.1 Å². The molecule has 3 unspecified atom stereocenters. The van der Waals surface area contributed by atoms with Crippen molar-refractivity contribution in [1.29, 1.82) is 0 Å². The lowest BCUT2D eigenvalue weighted by molar-refractivity contribution is -0.148. The summed E-state index contributed by atoms with van der Waals surface area (Å²) in [5.74, 6) is -5.21. The number of carbonyl (C=O) groups excluding carboxylic acids is 2. The Morgan fingerprint density at radius 1 is 1.25 bits per heavy atom. The summed E-state index contributed by atoms with van der Waals surface area (Å²) in [7, 11) is 1.17. The van der Waals surface area contributed by atoms with Gasteiger partial charge in [-0.3, -0.25) is 4.90 Å². The summed E-state index contributed by atoms with van der Waals surface area (Å²) in [6.45, 7) is 4.86. The van der Waals surface area contributed by atoms with E-state index >= 15 is 0 Å². The van der Waals surface area contributed by atoms with E-state index in [-0.39, 0.29) is 13.0 Å². The fourth-order valence-corrected chi connectivity index (χ4v) is 2.62. The Labute approximate surface area is 116 Å². The van der Waals surface area contributed by atoms with E-state index in [0.717, 1.165) is 4.90 Å². The lowest BCUT2D eigenvalue weighted by atomic mass is 10.0. The molecule has 1 saturated heterocycles. The zero-order chi connectivity index (χ0) is 15.3. The number of alkyl halides is 2. The molecule has 0 aromatic heterocycles. The van der Waals surface area contributed by atoms with Crippen LogP contribution in [0.3, 0.4) is 0 Å². The number of hydrogen-bond donors (Lipinski definition) is 0. The molecular weight excluding hydrogens is 272 g/mol. The van der Waals surface area contributed by atoms with Gasteiger partial charge in [-0.05, 0) is 27.2 Å². The first kappa shape index (κ1) is 15.0. The number of ether oxygens (including phenoxy) is 2. The average Bonchev–Trinajstić information content (AvgIpc) is 2.86. The van der Waals surface area contributed by atoms with Gasteiger partial charge in [-0.2, -0.15) is 0 Å². The van der Waals surface area contributed by atoms with Gasteiger partial charge in [0.05, 0.1) is 7.11 Å². The number of piperidine rings is 1. The number of fused-ring (bicyclic) bond motifs is 1. The van der Waals surface area contributed by atoms with Crippen molar-refractivity contribution < 1.29 is 27.8 Å². The summed E-state index contributed by atoms with van der Waals surface area (Å²) in [5.41, 5.74) is -0.749. The molecule has 5 nitrogen and oxygen atoms in total. The second-order valence-corrected chi connectivity index (χ2v) is 6.29. The third-order valence-corrected chi connectivity index (χ3v) is 3.71. The van der Waals surface area contributed by atoms with Crippen molar-refractivity contribution in [2.24, 2.45) is 11.8 Å². The van der Waals surface area contributed by atoms with E-state index in [1.807, 2.05) is 0 Å². The highest BCUT2D eigenvalue weighted by Crippen LogP contribution is 2.60. The van der Waals surface area contributed by atoms with E-state index in [2.05, 4.69) is 4.74 Å². The zero-order valence-electron chi connectivity index (χ0n) is 12.0. The molecule has 2 rings (SSSR count). The largest absolute Gasteiger partial charge is 0.467 e. The van der Waals surface area contributed by atoms with Gasteiger partial charge >= 0.3 is 12.1 Å². The average molecular weight is 291 g/mol. The van der Waals surface area contributed by atoms with E-state index in [1.165, 1.54) is 7.11 Å². The molecule has 0 radical (unpaired) electrons. The van der Waals surface area contributed by atoms with Crippen LogP contribution in [-0.2, 0) is 14.3 Å². The maximum absolute atomic E-state index is 13.5. The number of nitrogens with zero attached hydrogens (tertiary/aromatic N) is 1. The molecule has 0 aromatic rings. The zero-order valence-corrected chi connectivity index (χ0v) is 12.0. The fourth-order valence-electron chi connectivity index (χ4n) is 2.62. The summed E-state index contributed by atoms with van der Waals surface area (Å²) < 4.78 is 36.7. The van der Waals surface area contributed by atoms with Crippen LogP contribution in [0.5, 0.6) is 0 Å². The molecule has 0 spiro atoms. The van der Waals surface area contributed by atoms with E-state index in [0.29, 0.717) is 0 Å². The van der Waals surface area contributed by atoms with Crippen LogP contribution in [0.2, 0.25) is 0 Å². The highest BCUT2D eigenvalue weighted by molar-refractivity contribution is 5.82. The Balaban J connectivity index is 2.15. The minimum absolute atomic E-state index is 0.0798. The van der Waals surface area contributed by atoms with Gasteiger partial charge < -0.3 is 9.47 Å². The molecule has 2 aliphatic rings. The third kappa shape index (κ3) is 2.58. The van der Waals surface area contributed by atoms with Gasteiger partial charge in [-0.1, -0.05) is 0 Å². The van der Waals surface area contributed by atoms with Crippen molar-refractivity contribution in [2.75, 3.05) is 13.7 Å². The van der Waals surface area contributed by atoms with Crippen molar-refractivity contribution in [1.82, 2.24) is 4.90 Å². The summed E-state index contributed by atoms with van der Waals surface area (Å²) in [4.78, 5) is 24.8. The van der Waals surface area contributed by atoms with E-state index in [9.17, 15) is 18.4 Å². The molecule has 1 aliphatic carbocycles. The maximum Gasteiger partial charge on any atom is 0.411 e. The molecule has 1 heterocycles. The lowest BCUT2D eigenvalue weighted by Gasteiger charge is -2.34. The lowest BCUT2D eigenvalue weighted by Crippen LogP contribution is -2.50. The van der Waals surface area contributed by atoms with Gasteiger partial charge in [0.1, 0.15) is 11.6 Å². The van der Waals surface area contributed by atoms with Crippen LogP contribution in [0.25, 0.3) is 0 Å². The summed E-state index contributed by atoms with van der Waals surface area (Å²) >= 11 is 0. The fraction of sp³-hybridized carbons (Fsp3) is 0.846. The number of carbonyl (C=O) groups is 2. The highest BCUT2D eigenvalue weighted by atomic mass is 19.3. The Bertz CT molecular complexity index is 433. The topological polar surface area (TPSA) is 55.8 Å². The van der Waals surface area contributed by atoms with Gasteiger partial charge in [0, 0.05) is 18.4 Å². The van der Waals surface area contributed by atoms with Crippen LogP contribution in [-0.4, -0.2) is 48.2 Å². The number of methoxy groups -OCH3 is 1. The molecule has 0 bridgehead atoms. The van der Waals surface area contributed by atoms with Gasteiger partial charge in [-0.15, -0.1) is 0 Å². The molecule has 0 N–H and O–H groups in total. The normalized spacial score (nSPS) is 31.3. The molecule has 114 valence electrons. The molecule has 0 aromatic carbocycles. The minimum atomic E-state index is -2.80. The predicted molar refractivity (Wildman–Crippen MR) is 65.3 cm³/mol. The molecular formula is C13H19F2NO4. The minimum Gasteiger partial charge on any atom is -0.467 e. The Kier molecular flexibility index (Phi) is 3.42. The Morgan fingerprint density at radius 3 is 2.35 bits per heavy atom. The SMILES string of the molecule is COC(=O)C1CC2C(CN1C(=O)OC(C)(C)C)C2(F)F. The van der Waals surface area contributed by atoms with Gasteiger partial charge in [0.2, 0.25) is 0 Å². The first-order valence-electron chi connectivity index (χ1n) is 6.53. The first-order chi connectivity index (χ1) is 9.08. The van der Waals surface area contributed by atoms with Crippen molar-refractivity contribution in [3.05, 3.63) is 0 Å². The highest BCUT2D eigenvalue weighted by Gasteiger charge is 2.71. The standard InChI is InChI=1S/C13H19F2NO4/c1-12(2,3)20-11(18)16-6-8-7(13(8,14)15)5-9(16)10(17)19-4/h7-9H,5-6H2,1-4H3. The van der Waals surface area contributed by atoms with Crippen molar-refractivity contribution in [3.8, 4) is 0 Å². The number of halogens is 2. The van der Waals surface area contributed by atoms with Gasteiger partial charge in [0.25, 0.3) is 5.92 Å². The molecule has 7 heteroatoms. The summed E-state index contributed by atoms with van der Waals surface area (Å²) in [6.07, 6.45) is -0.835. The van der Waals surface area contributed by atoms with Gasteiger partial charge in [0.15, 0.2) is 0 Å². The summed E-state index contributed by atoms with van der Waals surface area (Å²) in [5, 5.41) is 0. The van der Waals surface area contributed by atoms with E-state index in [4.69, 9.17) is 4.74 Å². The molecule has 1 saturated carbocycles. The van der Waals surface area contributed by atoms with Crippen LogP contribution in [0.15, 0.2) is 0 Å². The Morgan fingerprint density at radius 2 is 1.85 bits per heavy atom.